The van der Waals surface area contributed by atoms with E-state index in [0.717, 1.165) is 5.56 Å². The summed E-state index contributed by atoms with van der Waals surface area (Å²) >= 11 is 5.93. The van der Waals surface area contributed by atoms with E-state index in [0.29, 0.717) is 29.4 Å². The number of anilines is 2. The molecule has 1 fully saturated rings. The van der Waals surface area contributed by atoms with Crippen molar-refractivity contribution in [2.45, 2.75) is 12.5 Å². The van der Waals surface area contributed by atoms with Crippen LogP contribution in [0.4, 0.5) is 11.4 Å². The Morgan fingerprint density at radius 2 is 1.74 bits per heavy atom. The lowest BCUT2D eigenvalue weighted by Crippen LogP contribution is -2.32. The van der Waals surface area contributed by atoms with Crippen LogP contribution < -0.4 is 9.62 Å². The number of benzene rings is 2. The topological polar surface area (TPSA) is 69.7 Å². The molecule has 1 atom stereocenters. The Hall–Kier alpha value is -2.09. The molecule has 0 saturated carbocycles. The van der Waals surface area contributed by atoms with Crippen molar-refractivity contribution in [3.63, 3.8) is 0 Å². The number of hydrogen-bond donors (Lipinski definition) is 1. The van der Waals surface area contributed by atoms with Crippen molar-refractivity contribution < 1.29 is 13.2 Å². The fourth-order valence-corrected chi connectivity index (χ4v) is 4.87. The molecule has 0 unspecified atom stereocenters. The van der Waals surface area contributed by atoms with Crippen molar-refractivity contribution >= 4 is 38.9 Å². The first-order valence-electron chi connectivity index (χ1n) is 8.61. The molecule has 144 valence electrons. The molecule has 0 aliphatic carbocycles. The maximum absolute atomic E-state index is 12.8. The van der Waals surface area contributed by atoms with E-state index in [9.17, 15) is 13.2 Å². The number of nitrogens with one attached hydrogen (secondary N) is 1. The highest BCUT2D eigenvalue weighted by Crippen LogP contribution is 2.26. The average molecular weight is 408 g/mol. The fourth-order valence-electron chi connectivity index (χ4n) is 3.18. The summed E-state index contributed by atoms with van der Waals surface area (Å²) in [4.78, 5) is 14.6. The molecule has 3 rings (SSSR count). The van der Waals surface area contributed by atoms with Crippen LogP contribution in [0.5, 0.6) is 0 Å². The molecule has 1 saturated heterocycles. The molecule has 0 bridgehead atoms. The summed E-state index contributed by atoms with van der Waals surface area (Å²) in [6, 6.07) is 13.6. The summed E-state index contributed by atoms with van der Waals surface area (Å²) in [5.74, 6) is 0.000697. The van der Waals surface area contributed by atoms with Crippen LogP contribution >= 0.6 is 11.6 Å². The van der Waals surface area contributed by atoms with Gasteiger partial charge in [0.2, 0.25) is 15.9 Å². The van der Waals surface area contributed by atoms with Gasteiger partial charge in [-0.1, -0.05) is 23.7 Å². The average Bonchev–Trinajstić information content (AvgIpc) is 2.96. The zero-order chi connectivity index (χ0) is 19.6. The number of amides is 1. The highest BCUT2D eigenvalue weighted by molar-refractivity contribution is 7.93. The first kappa shape index (κ1) is 19.7. The van der Waals surface area contributed by atoms with Gasteiger partial charge in [-0.15, -0.1) is 0 Å². The monoisotopic (exact) mass is 407 g/mol. The van der Waals surface area contributed by atoms with E-state index in [1.54, 1.807) is 36.4 Å². The number of rotatable bonds is 5. The Balaban J connectivity index is 1.75. The molecule has 1 aliphatic heterocycles. The quantitative estimate of drug-likeness (QED) is 0.826. The molecule has 0 aromatic heterocycles. The van der Waals surface area contributed by atoms with Gasteiger partial charge in [0, 0.05) is 17.3 Å². The van der Waals surface area contributed by atoms with Crippen molar-refractivity contribution in [3.8, 4) is 0 Å². The fraction of sp³-hybridized carbons (Fsp3) is 0.316. The standard InChI is InChI=1S/C19H22ClN3O3S/c1-22(2)18(14-4-6-15(20)7-5-14)19(24)21-16-8-10-17(11-9-16)23-12-3-13-27(23,25)26/h4-11,18H,3,12-13H2,1-2H3,(H,21,24)/t18-/m0/s1. The van der Waals surface area contributed by atoms with E-state index in [2.05, 4.69) is 5.32 Å². The van der Waals surface area contributed by atoms with Crippen molar-refractivity contribution in [1.29, 1.82) is 0 Å². The summed E-state index contributed by atoms with van der Waals surface area (Å²) in [6.45, 7) is 0.493. The third-order valence-electron chi connectivity index (χ3n) is 4.47. The molecule has 8 heteroatoms. The second kappa shape index (κ2) is 7.88. The number of hydrogen-bond acceptors (Lipinski definition) is 4. The Kier molecular flexibility index (Phi) is 5.74. The zero-order valence-electron chi connectivity index (χ0n) is 15.2. The Bertz CT molecular complexity index is 912. The number of likely N-dealkylation sites (N-methyl/N-ethyl adjacent to an activating group) is 1. The SMILES string of the molecule is CN(C)[C@H](C(=O)Nc1ccc(N2CCCS2(=O)=O)cc1)c1ccc(Cl)cc1. The predicted molar refractivity (Wildman–Crippen MR) is 109 cm³/mol. The zero-order valence-corrected chi connectivity index (χ0v) is 16.8. The minimum absolute atomic E-state index is 0.177. The van der Waals surface area contributed by atoms with Crippen molar-refractivity contribution in [2.75, 3.05) is 36.0 Å². The molecule has 1 heterocycles. The number of carbonyl (C=O) groups excluding carboxylic acids is 1. The van der Waals surface area contributed by atoms with Gasteiger partial charge in [0.25, 0.3) is 0 Å². The predicted octanol–water partition coefficient (Wildman–Crippen LogP) is 3.12. The second-order valence-corrected chi connectivity index (χ2v) is 9.14. The lowest BCUT2D eigenvalue weighted by molar-refractivity contribution is -0.120. The maximum atomic E-state index is 12.8. The van der Waals surface area contributed by atoms with Crippen LogP contribution in [-0.2, 0) is 14.8 Å². The van der Waals surface area contributed by atoms with Crippen LogP contribution in [0.15, 0.2) is 48.5 Å². The van der Waals surface area contributed by atoms with Gasteiger partial charge < -0.3 is 5.32 Å². The van der Waals surface area contributed by atoms with Crippen LogP contribution in [0.1, 0.15) is 18.0 Å². The van der Waals surface area contributed by atoms with E-state index in [1.807, 2.05) is 31.1 Å². The molecular weight excluding hydrogens is 386 g/mol. The Morgan fingerprint density at radius 3 is 2.26 bits per heavy atom. The minimum Gasteiger partial charge on any atom is -0.324 e. The van der Waals surface area contributed by atoms with Gasteiger partial charge in [-0.05, 0) is 62.5 Å². The molecule has 2 aromatic carbocycles. The summed E-state index contributed by atoms with van der Waals surface area (Å²) in [5, 5.41) is 3.51. The van der Waals surface area contributed by atoms with E-state index in [4.69, 9.17) is 11.6 Å². The molecule has 2 aromatic rings. The van der Waals surface area contributed by atoms with Crippen LogP contribution in [0.3, 0.4) is 0 Å². The third-order valence-corrected chi connectivity index (χ3v) is 6.59. The lowest BCUT2D eigenvalue weighted by Gasteiger charge is -2.24. The highest BCUT2D eigenvalue weighted by Gasteiger charge is 2.28. The number of sulfonamides is 1. The van der Waals surface area contributed by atoms with Gasteiger partial charge in [-0.2, -0.15) is 0 Å². The Labute approximate surface area is 164 Å². The van der Waals surface area contributed by atoms with E-state index >= 15 is 0 Å². The Morgan fingerprint density at radius 1 is 1.11 bits per heavy atom. The van der Waals surface area contributed by atoms with Gasteiger partial charge in [0.05, 0.1) is 11.4 Å². The number of carbonyl (C=O) groups is 1. The molecule has 1 amide bonds. The number of halogens is 1. The van der Waals surface area contributed by atoms with Crippen LogP contribution in [0.2, 0.25) is 5.02 Å². The summed E-state index contributed by atoms with van der Waals surface area (Å²) in [7, 11) is 0.455. The highest BCUT2D eigenvalue weighted by atomic mass is 35.5. The largest absolute Gasteiger partial charge is 0.324 e. The normalized spacial score (nSPS) is 17.1. The van der Waals surface area contributed by atoms with Gasteiger partial charge in [0.15, 0.2) is 0 Å². The lowest BCUT2D eigenvalue weighted by atomic mass is 10.1. The van der Waals surface area contributed by atoms with E-state index in [-0.39, 0.29) is 11.7 Å². The van der Waals surface area contributed by atoms with Gasteiger partial charge in [-0.3, -0.25) is 14.0 Å². The number of nitrogens with zero attached hydrogens (tertiary/aromatic N) is 2. The molecule has 1 aliphatic rings. The smallest absolute Gasteiger partial charge is 0.246 e. The first-order chi connectivity index (χ1) is 12.8. The van der Waals surface area contributed by atoms with Gasteiger partial charge >= 0.3 is 0 Å². The van der Waals surface area contributed by atoms with E-state index < -0.39 is 16.1 Å². The summed E-state index contributed by atoms with van der Waals surface area (Å²) in [5.41, 5.74) is 2.06. The van der Waals surface area contributed by atoms with E-state index in [1.165, 1.54) is 4.31 Å². The third kappa shape index (κ3) is 4.43. The van der Waals surface area contributed by atoms with Gasteiger partial charge in [-0.25, -0.2) is 8.42 Å². The second-order valence-electron chi connectivity index (χ2n) is 6.70. The molecule has 1 N–H and O–H groups in total. The molecule has 0 spiro atoms. The summed E-state index contributed by atoms with van der Waals surface area (Å²) < 4.78 is 25.4. The van der Waals surface area contributed by atoms with Crippen LogP contribution in [0.25, 0.3) is 0 Å². The van der Waals surface area contributed by atoms with Gasteiger partial charge in [0.1, 0.15) is 6.04 Å². The van der Waals surface area contributed by atoms with Crippen molar-refractivity contribution in [2.24, 2.45) is 0 Å². The summed E-state index contributed by atoms with van der Waals surface area (Å²) in [6.07, 6.45) is 0.631. The minimum atomic E-state index is -3.21. The first-order valence-corrected chi connectivity index (χ1v) is 10.6. The molecule has 6 nitrogen and oxygen atoms in total. The van der Waals surface area contributed by atoms with Crippen molar-refractivity contribution in [3.05, 3.63) is 59.1 Å². The molecule has 0 radical (unpaired) electrons. The van der Waals surface area contributed by atoms with Crippen molar-refractivity contribution in [1.82, 2.24) is 4.90 Å². The maximum Gasteiger partial charge on any atom is 0.246 e. The van der Waals surface area contributed by atoms with Crippen LogP contribution in [0, 0.1) is 0 Å². The molecule has 27 heavy (non-hydrogen) atoms. The molecular formula is C19H22ClN3O3S. The van der Waals surface area contributed by atoms with Crippen LogP contribution in [-0.4, -0.2) is 45.6 Å².